The maximum atomic E-state index is 5.68. The molecule has 4 nitrogen and oxygen atoms in total. The molecule has 0 N–H and O–H groups in total. The van der Waals surface area contributed by atoms with Crippen LogP contribution >= 0.6 is 0 Å². The van der Waals surface area contributed by atoms with Crippen LogP contribution < -0.4 is 9.47 Å². The van der Waals surface area contributed by atoms with Crippen molar-refractivity contribution < 1.29 is 14.2 Å². The van der Waals surface area contributed by atoms with Crippen molar-refractivity contribution in [1.29, 1.82) is 0 Å². The zero-order chi connectivity index (χ0) is 14.7. The summed E-state index contributed by atoms with van der Waals surface area (Å²) in [4.78, 5) is 2.68. The Morgan fingerprint density at radius 1 is 1.18 bits per heavy atom. The second-order valence-corrected chi connectivity index (χ2v) is 6.78. The van der Waals surface area contributed by atoms with Gasteiger partial charge >= 0.3 is 0 Å². The van der Waals surface area contributed by atoms with Crippen molar-refractivity contribution in [3.8, 4) is 11.5 Å². The summed E-state index contributed by atoms with van der Waals surface area (Å²) < 4.78 is 16.9. The van der Waals surface area contributed by atoms with Crippen LogP contribution in [0.3, 0.4) is 0 Å². The standard InChI is InChI=1S/C18H21NO3/c1-20-14-3-2-13-5-7-19-6-4-12-8-16-17(22-11-21-16)9-15(12)18(13,19)10-14/h2-3,8-9,13-14H,4-7,10-11H2,1H3. The van der Waals surface area contributed by atoms with E-state index in [0.29, 0.717) is 12.7 Å². The maximum Gasteiger partial charge on any atom is 0.231 e. The van der Waals surface area contributed by atoms with Crippen molar-refractivity contribution in [1.82, 2.24) is 4.90 Å². The first kappa shape index (κ1) is 13.0. The third kappa shape index (κ3) is 1.54. The van der Waals surface area contributed by atoms with E-state index in [1.54, 1.807) is 0 Å². The van der Waals surface area contributed by atoms with Crippen LogP contribution in [-0.4, -0.2) is 38.0 Å². The zero-order valence-corrected chi connectivity index (χ0v) is 12.9. The van der Waals surface area contributed by atoms with E-state index >= 15 is 0 Å². The first-order chi connectivity index (χ1) is 10.8. The molecule has 0 bridgehead atoms. The van der Waals surface area contributed by atoms with Crippen LogP contribution in [0.4, 0.5) is 0 Å². The van der Waals surface area contributed by atoms with Gasteiger partial charge in [0, 0.05) is 26.0 Å². The number of hydrogen-bond donors (Lipinski definition) is 0. The number of hydrogen-bond acceptors (Lipinski definition) is 4. The Balaban J connectivity index is 1.70. The quantitative estimate of drug-likeness (QED) is 0.745. The van der Waals surface area contributed by atoms with E-state index in [2.05, 4.69) is 29.2 Å². The molecule has 3 aliphatic heterocycles. The molecule has 4 heteroatoms. The van der Waals surface area contributed by atoms with Gasteiger partial charge in [0.25, 0.3) is 0 Å². The molecule has 0 radical (unpaired) electrons. The lowest BCUT2D eigenvalue weighted by atomic mass is 9.68. The molecule has 3 heterocycles. The van der Waals surface area contributed by atoms with Gasteiger partial charge in [-0.1, -0.05) is 12.2 Å². The van der Waals surface area contributed by atoms with Gasteiger partial charge in [-0.2, -0.15) is 0 Å². The van der Waals surface area contributed by atoms with Crippen LogP contribution in [0.15, 0.2) is 24.3 Å². The first-order valence-corrected chi connectivity index (χ1v) is 8.20. The maximum absolute atomic E-state index is 5.68. The lowest BCUT2D eigenvalue weighted by Gasteiger charge is -2.49. The molecular formula is C18H21NO3. The Hall–Kier alpha value is -1.52. The summed E-state index contributed by atoms with van der Waals surface area (Å²) in [5.41, 5.74) is 2.96. The number of rotatable bonds is 1. The number of methoxy groups -OCH3 is 1. The molecular weight excluding hydrogens is 278 g/mol. The topological polar surface area (TPSA) is 30.9 Å². The molecule has 1 aromatic carbocycles. The molecule has 1 fully saturated rings. The third-order valence-corrected chi connectivity index (χ3v) is 5.98. The van der Waals surface area contributed by atoms with Gasteiger partial charge in [-0.3, -0.25) is 4.90 Å². The second kappa shape index (κ2) is 4.49. The van der Waals surface area contributed by atoms with E-state index in [1.165, 1.54) is 24.1 Å². The van der Waals surface area contributed by atoms with Crippen molar-refractivity contribution in [3.05, 3.63) is 35.4 Å². The molecule has 3 unspecified atom stereocenters. The third-order valence-electron chi connectivity index (χ3n) is 5.98. The molecule has 3 atom stereocenters. The summed E-state index contributed by atoms with van der Waals surface area (Å²) in [5.74, 6) is 2.40. The smallest absolute Gasteiger partial charge is 0.231 e. The van der Waals surface area contributed by atoms with E-state index in [1.807, 2.05) is 7.11 Å². The summed E-state index contributed by atoms with van der Waals surface area (Å²) >= 11 is 0. The van der Waals surface area contributed by atoms with Gasteiger partial charge in [0.2, 0.25) is 6.79 Å². The summed E-state index contributed by atoms with van der Waals surface area (Å²) in [7, 11) is 1.81. The van der Waals surface area contributed by atoms with Gasteiger partial charge in [0.05, 0.1) is 11.6 Å². The van der Waals surface area contributed by atoms with Gasteiger partial charge in [-0.15, -0.1) is 0 Å². The fraction of sp³-hybridized carbons (Fsp3) is 0.556. The van der Waals surface area contributed by atoms with Crippen molar-refractivity contribution in [3.63, 3.8) is 0 Å². The van der Waals surface area contributed by atoms with Crippen LogP contribution in [0.5, 0.6) is 11.5 Å². The lowest BCUT2D eigenvalue weighted by molar-refractivity contribution is 0.0205. The number of fused-ring (bicyclic) bond motifs is 2. The Morgan fingerprint density at radius 2 is 2.05 bits per heavy atom. The molecule has 4 aliphatic rings. The molecule has 1 spiro atoms. The SMILES string of the molecule is COC1C=CC2CCN3CCc4cc5c(cc4C23C1)OCO5. The van der Waals surface area contributed by atoms with Crippen molar-refractivity contribution in [2.75, 3.05) is 27.0 Å². The predicted molar refractivity (Wildman–Crippen MR) is 82.2 cm³/mol. The molecule has 5 rings (SSSR count). The van der Waals surface area contributed by atoms with E-state index in [9.17, 15) is 0 Å². The van der Waals surface area contributed by atoms with E-state index in [0.717, 1.165) is 30.9 Å². The van der Waals surface area contributed by atoms with Gasteiger partial charge in [0.1, 0.15) is 0 Å². The Kier molecular flexibility index (Phi) is 2.65. The van der Waals surface area contributed by atoms with Gasteiger partial charge in [-0.25, -0.2) is 0 Å². The number of nitrogens with zero attached hydrogens (tertiary/aromatic N) is 1. The molecule has 1 aliphatic carbocycles. The second-order valence-electron chi connectivity index (χ2n) is 6.78. The molecule has 1 saturated heterocycles. The average molecular weight is 299 g/mol. The highest BCUT2D eigenvalue weighted by Crippen LogP contribution is 2.54. The predicted octanol–water partition coefficient (Wildman–Crippen LogP) is 2.46. The zero-order valence-electron chi connectivity index (χ0n) is 12.9. The fourth-order valence-electron chi connectivity index (χ4n) is 4.94. The molecule has 22 heavy (non-hydrogen) atoms. The highest BCUT2D eigenvalue weighted by molar-refractivity contribution is 5.53. The van der Waals surface area contributed by atoms with Crippen molar-refractivity contribution in [2.45, 2.75) is 30.9 Å². The van der Waals surface area contributed by atoms with E-state index in [4.69, 9.17) is 14.2 Å². The molecule has 0 amide bonds. The van der Waals surface area contributed by atoms with Crippen LogP contribution in [0.25, 0.3) is 0 Å². The summed E-state index contributed by atoms with van der Waals surface area (Å²) in [5, 5.41) is 0. The lowest BCUT2D eigenvalue weighted by Crippen LogP contribution is -2.52. The van der Waals surface area contributed by atoms with E-state index < -0.39 is 0 Å². The van der Waals surface area contributed by atoms with Crippen LogP contribution in [0.2, 0.25) is 0 Å². The minimum atomic E-state index is 0.0873. The van der Waals surface area contributed by atoms with Crippen LogP contribution in [-0.2, 0) is 16.7 Å². The molecule has 116 valence electrons. The van der Waals surface area contributed by atoms with Crippen molar-refractivity contribution in [2.24, 2.45) is 5.92 Å². The van der Waals surface area contributed by atoms with Gasteiger partial charge < -0.3 is 14.2 Å². The largest absolute Gasteiger partial charge is 0.454 e. The molecule has 0 saturated carbocycles. The monoisotopic (exact) mass is 299 g/mol. The highest BCUT2D eigenvalue weighted by atomic mass is 16.7. The fourth-order valence-corrected chi connectivity index (χ4v) is 4.94. The average Bonchev–Trinajstić information content (AvgIpc) is 3.16. The van der Waals surface area contributed by atoms with Gasteiger partial charge in [0.15, 0.2) is 11.5 Å². The van der Waals surface area contributed by atoms with E-state index in [-0.39, 0.29) is 11.6 Å². The highest BCUT2D eigenvalue weighted by Gasteiger charge is 2.54. The Morgan fingerprint density at radius 3 is 2.91 bits per heavy atom. The van der Waals surface area contributed by atoms with Crippen molar-refractivity contribution >= 4 is 0 Å². The minimum Gasteiger partial charge on any atom is -0.454 e. The Bertz CT molecular complexity index is 656. The molecule has 0 aromatic heterocycles. The summed E-state index contributed by atoms with van der Waals surface area (Å²) in [6.45, 7) is 2.66. The molecule has 1 aromatic rings. The summed E-state index contributed by atoms with van der Waals surface area (Å²) in [6, 6.07) is 4.45. The van der Waals surface area contributed by atoms with Crippen LogP contribution in [0.1, 0.15) is 24.0 Å². The normalized spacial score (nSPS) is 35.1. The number of ether oxygens (including phenoxy) is 3. The summed E-state index contributed by atoms with van der Waals surface area (Å²) in [6.07, 6.45) is 8.21. The van der Waals surface area contributed by atoms with Crippen LogP contribution in [0, 0.1) is 5.92 Å². The number of benzene rings is 1. The first-order valence-electron chi connectivity index (χ1n) is 8.20. The van der Waals surface area contributed by atoms with Gasteiger partial charge in [-0.05, 0) is 42.6 Å². The minimum absolute atomic E-state index is 0.0873. The Labute approximate surface area is 130 Å².